The van der Waals surface area contributed by atoms with Gasteiger partial charge >= 0.3 is 0 Å². The predicted molar refractivity (Wildman–Crippen MR) is 83.6 cm³/mol. The van der Waals surface area contributed by atoms with Gasteiger partial charge in [-0.3, -0.25) is 24.3 Å². The van der Waals surface area contributed by atoms with Gasteiger partial charge in [0.1, 0.15) is 5.69 Å². The van der Waals surface area contributed by atoms with Gasteiger partial charge in [-0.2, -0.15) is 0 Å². The van der Waals surface area contributed by atoms with Crippen molar-refractivity contribution in [2.24, 2.45) is 0 Å². The number of anilines is 1. The zero-order valence-electron chi connectivity index (χ0n) is 12.9. The first-order valence-electron chi connectivity index (χ1n) is 7.21. The minimum atomic E-state index is -0.477. The number of aromatic nitrogens is 2. The van der Waals surface area contributed by atoms with Crippen LogP contribution in [-0.4, -0.2) is 46.2 Å². The Kier molecular flexibility index (Phi) is 4.19. The lowest BCUT2D eigenvalue weighted by Crippen LogP contribution is -2.33. The summed E-state index contributed by atoms with van der Waals surface area (Å²) in [6.07, 6.45) is 2.90. The molecule has 1 aliphatic rings. The Morgan fingerprint density at radius 2 is 2.04 bits per heavy atom. The third-order valence-corrected chi connectivity index (χ3v) is 3.52. The van der Waals surface area contributed by atoms with Gasteiger partial charge in [0.05, 0.1) is 24.6 Å². The monoisotopic (exact) mass is 326 g/mol. The van der Waals surface area contributed by atoms with E-state index < -0.39 is 11.8 Å². The average molecular weight is 326 g/mol. The van der Waals surface area contributed by atoms with E-state index >= 15 is 0 Å². The molecule has 24 heavy (non-hydrogen) atoms. The molecule has 0 unspecified atom stereocenters. The first-order valence-corrected chi connectivity index (χ1v) is 7.21. The van der Waals surface area contributed by atoms with Crippen LogP contribution < -0.4 is 10.1 Å². The first-order chi connectivity index (χ1) is 11.6. The van der Waals surface area contributed by atoms with E-state index in [0.29, 0.717) is 11.6 Å². The maximum atomic E-state index is 12.2. The molecular formula is C16H14N4O4. The van der Waals surface area contributed by atoms with Crippen LogP contribution in [0.4, 0.5) is 5.69 Å². The number of methoxy groups -OCH3 is 1. The molecule has 1 aliphatic heterocycles. The molecule has 0 bridgehead atoms. The minimum Gasteiger partial charge on any atom is -0.481 e. The van der Waals surface area contributed by atoms with Gasteiger partial charge in [0.2, 0.25) is 11.8 Å². The molecule has 0 fully saturated rings. The molecule has 2 aromatic heterocycles. The summed E-state index contributed by atoms with van der Waals surface area (Å²) in [7, 11) is 1.50. The number of fused-ring (bicyclic) bond motifs is 1. The summed E-state index contributed by atoms with van der Waals surface area (Å²) in [4.78, 5) is 45.2. The highest BCUT2D eigenvalue weighted by atomic mass is 16.5. The zero-order valence-corrected chi connectivity index (χ0v) is 12.9. The Hall–Kier alpha value is -3.29. The first kappa shape index (κ1) is 15.6. The summed E-state index contributed by atoms with van der Waals surface area (Å²) < 4.78 is 4.93. The molecule has 8 heteroatoms. The Labute approximate surface area is 137 Å². The Bertz CT molecular complexity index is 769. The molecule has 2 aromatic rings. The third kappa shape index (κ3) is 2.94. The Morgan fingerprint density at radius 3 is 2.71 bits per heavy atom. The van der Waals surface area contributed by atoms with Crippen LogP contribution in [0.25, 0.3) is 0 Å². The van der Waals surface area contributed by atoms with Gasteiger partial charge in [-0.25, -0.2) is 4.98 Å². The lowest BCUT2D eigenvalue weighted by Gasteiger charge is -2.13. The van der Waals surface area contributed by atoms with Crippen molar-refractivity contribution in [1.82, 2.24) is 14.9 Å². The van der Waals surface area contributed by atoms with E-state index in [9.17, 15) is 14.4 Å². The van der Waals surface area contributed by atoms with Crippen molar-refractivity contribution in [2.75, 3.05) is 19.0 Å². The van der Waals surface area contributed by atoms with Crippen molar-refractivity contribution in [3.05, 3.63) is 47.9 Å². The van der Waals surface area contributed by atoms with Crippen LogP contribution in [0.15, 0.2) is 36.7 Å². The van der Waals surface area contributed by atoms with E-state index in [1.807, 2.05) is 0 Å². The summed E-state index contributed by atoms with van der Waals surface area (Å²) in [6, 6.07) is 6.41. The number of imide groups is 1. The molecule has 1 N–H and O–H groups in total. The van der Waals surface area contributed by atoms with Gasteiger partial charge in [0.15, 0.2) is 0 Å². The lowest BCUT2D eigenvalue weighted by molar-refractivity contribution is -0.116. The smallest absolute Gasteiger partial charge is 0.280 e. The van der Waals surface area contributed by atoms with Gasteiger partial charge in [-0.15, -0.1) is 0 Å². The number of nitrogens with one attached hydrogen (secondary N) is 1. The molecule has 0 atom stereocenters. The molecule has 0 saturated heterocycles. The van der Waals surface area contributed by atoms with Gasteiger partial charge < -0.3 is 10.1 Å². The van der Waals surface area contributed by atoms with Gasteiger partial charge in [-0.1, -0.05) is 0 Å². The lowest BCUT2D eigenvalue weighted by atomic mass is 10.2. The molecule has 0 aromatic carbocycles. The molecule has 3 heterocycles. The fraction of sp³-hybridized carbons (Fsp3) is 0.188. The fourth-order valence-electron chi connectivity index (χ4n) is 2.33. The second-order valence-electron chi connectivity index (χ2n) is 5.05. The number of carbonyl (C=O) groups excluding carboxylic acids is 3. The molecule has 0 saturated carbocycles. The number of hydrogen-bond donors (Lipinski definition) is 1. The Morgan fingerprint density at radius 1 is 1.21 bits per heavy atom. The number of amides is 3. The molecule has 0 spiro atoms. The predicted octanol–water partition coefficient (Wildman–Crippen LogP) is 1.11. The maximum absolute atomic E-state index is 12.2. The summed E-state index contributed by atoms with van der Waals surface area (Å²) in [5.41, 5.74) is 0.898. The van der Waals surface area contributed by atoms with E-state index in [-0.39, 0.29) is 30.1 Å². The summed E-state index contributed by atoms with van der Waals surface area (Å²) >= 11 is 0. The average Bonchev–Trinajstić information content (AvgIpc) is 2.85. The number of carbonyl (C=O) groups is 3. The second-order valence-corrected chi connectivity index (χ2v) is 5.05. The van der Waals surface area contributed by atoms with Crippen LogP contribution in [0.2, 0.25) is 0 Å². The second kappa shape index (κ2) is 6.45. The van der Waals surface area contributed by atoms with E-state index in [0.717, 1.165) is 4.90 Å². The highest BCUT2D eigenvalue weighted by Crippen LogP contribution is 2.20. The summed E-state index contributed by atoms with van der Waals surface area (Å²) in [5.74, 6) is -0.797. The maximum Gasteiger partial charge on any atom is 0.280 e. The molecule has 3 amide bonds. The van der Waals surface area contributed by atoms with Crippen LogP contribution >= 0.6 is 0 Å². The van der Waals surface area contributed by atoms with E-state index in [4.69, 9.17) is 4.74 Å². The van der Waals surface area contributed by atoms with Crippen LogP contribution in [0.1, 0.15) is 27.3 Å². The van der Waals surface area contributed by atoms with Gasteiger partial charge in [0.25, 0.3) is 11.8 Å². The molecule has 8 nitrogen and oxygen atoms in total. The minimum absolute atomic E-state index is 0.0105. The standard InChI is InChI=1S/C16H14N4O4/c1-24-13-5-4-10(9-18-13)19-12(21)6-8-20-15(22)11-3-2-7-17-14(11)16(20)23/h2-5,7,9H,6,8H2,1H3,(H,19,21). The van der Waals surface area contributed by atoms with Crippen LogP contribution in [-0.2, 0) is 4.79 Å². The van der Waals surface area contributed by atoms with E-state index in [1.165, 1.54) is 19.5 Å². The number of rotatable bonds is 5. The number of pyridine rings is 2. The highest BCUT2D eigenvalue weighted by Gasteiger charge is 2.36. The fourth-order valence-corrected chi connectivity index (χ4v) is 2.33. The van der Waals surface area contributed by atoms with Crippen molar-refractivity contribution < 1.29 is 19.1 Å². The molecule has 0 radical (unpaired) electrons. The SMILES string of the molecule is COc1ccc(NC(=O)CCN2C(=O)c3cccnc3C2=O)cn1. The van der Waals surface area contributed by atoms with Crippen LogP contribution in [0.3, 0.4) is 0 Å². The molecule has 3 rings (SSSR count). The third-order valence-electron chi connectivity index (χ3n) is 3.52. The van der Waals surface area contributed by atoms with Crippen molar-refractivity contribution in [1.29, 1.82) is 0 Å². The topological polar surface area (TPSA) is 101 Å². The van der Waals surface area contributed by atoms with Crippen molar-refractivity contribution in [3.63, 3.8) is 0 Å². The van der Waals surface area contributed by atoms with E-state index in [2.05, 4.69) is 15.3 Å². The highest BCUT2D eigenvalue weighted by molar-refractivity contribution is 6.20. The number of nitrogens with zero attached hydrogens (tertiary/aromatic N) is 3. The molecule has 0 aliphatic carbocycles. The van der Waals surface area contributed by atoms with E-state index in [1.54, 1.807) is 24.3 Å². The number of ether oxygens (including phenoxy) is 1. The number of hydrogen-bond acceptors (Lipinski definition) is 6. The Balaban J connectivity index is 1.59. The van der Waals surface area contributed by atoms with Gasteiger partial charge in [-0.05, 0) is 18.2 Å². The zero-order chi connectivity index (χ0) is 17.1. The normalized spacial score (nSPS) is 13.0. The van der Waals surface area contributed by atoms with Crippen molar-refractivity contribution in [2.45, 2.75) is 6.42 Å². The van der Waals surface area contributed by atoms with Crippen LogP contribution in [0, 0.1) is 0 Å². The molecular weight excluding hydrogens is 312 g/mol. The summed E-state index contributed by atoms with van der Waals surface area (Å²) in [6.45, 7) is -0.0105. The summed E-state index contributed by atoms with van der Waals surface area (Å²) in [5, 5.41) is 2.65. The van der Waals surface area contributed by atoms with Crippen LogP contribution in [0.5, 0.6) is 5.88 Å². The van der Waals surface area contributed by atoms with Crippen molar-refractivity contribution >= 4 is 23.4 Å². The van der Waals surface area contributed by atoms with Crippen molar-refractivity contribution in [3.8, 4) is 5.88 Å². The quantitative estimate of drug-likeness (QED) is 0.826. The largest absolute Gasteiger partial charge is 0.481 e. The molecule has 122 valence electrons. The van der Waals surface area contributed by atoms with Gasteiger partial charge in [0, 0.05) is 25.2 Å².